The van der Waals surface area contributed by atoms with Crippen LogP contribution in [-0.2, 0) is 0 Å². The highest BCUT2D eigenvalue weighted by Gasteiger charge is 2.10. The molecule has 2 aliphatic rings. The Morgan fingerprint density at radius 2 is 1.85 bits per heavy atom. The molecule has 13 heavy (non-hydrogen) atoms. The number of rotatable bonds is 0. The monoisotopic (exact) mass is 175 g/mol. The molecule has 0 radical (unpaired) electrons. The molecule has 70 valence electrons. The van der Waals surface area contributed by atoms with Crippen LogP contribution in [0.5, 0.6) is 0 Å². The molecule has 0 atom stereocenters. The van der Waals surface area contributed by atoms with Crippen LogP contribution < -0.4 is 5.32 Å². The Labute approximate surface area is 80.2 Å². The highest BCUT2D eigenvalue weighted by atomic mass is 14.9. The second-order valence-electron chi connectivity index (χ2n) is 3.73. The third-order valence-corrected chi connectivity index (χ3v) is 2.76. The lowest BCUT2D eigenvalue weighted by molar-refractivity contribution is 0.622. The van der Waals surface area contributed by atoms with E-state index >= 15 is 0 Å². The van der Waals surface area contributed by atoms with Crippen LogP contribution >= 0.6 is 0 Å². The molecule has 0 aromatic carbocycles. The van der Waals surface area contributed by atoms with E-state index in [0.717, 1.165) is 13.0 Å². The standard InChI is InChI=1S/C12H17N/c1-2-6-10-13-12-9-5-4-8-11(12)7-3-1/h1-3,6,13H,4-5,7-10H2/b3-1-,6-2-. The van der Waals surface area contributed by atoms with Gasteiger partial charge in [0.25, 0.3) is 0 Å². The van der Waals surface area contributed by atoms with Gasteiger partial charge in [-0.1, -0.05) is 24.3 Å². The lowest BCUT2D eigenvalue weighted by Crippen LogP contribution is -2.17. The fourth-order valence-corrected chi connectivity index (χ4v) is 2.02. The van der Waals surface area contributed by atoms with Crippen molar-refractivity contribution in [3.63, 3.8) is 0 Å². The third kappa shape index (κ3) is 2.24. The summed E-state index contributed by atoms with van der Waals surface area (Å²) in [6.07, 6.45) is 15.2. The number of hydrogen-bond donors (Lipinski definition) is 1. The van der Waals surface area contributed by atoms with Crippen LogP contribution in [0.4, 0.5) is 0 Å². The summed E-state index contributed by atoms with van der Waals surface area (Å²) >= 11 is 0. The number of nitrogens with one attached hydrogen (secondary N) is 1. The second kappa shape index (κ2) is 4.31. The van der Waals surface area contributed by atoms with Gasteiger partial charge >= 0.3 is 0 Å². The highest BCUT2D eigenvalue weighted by Crippen LogP contribution is 2.25. The summed E-state index contributed by atoms with van der Waals surface area (Å²) in [6.45, 7) is 0.989. The fourth-order valence-electron chi connectivity index (χ4n) is 2.02. The zero-order valence-electron chi connectivity index (χ0n) is 8.05. The Hall–Kier alpha value is -0.980. The molecule has 0 saturated carbocycles. The van der Waals surface area contributed by atoms with Crippen LogP contribution in [-0.4, -0.2) is 6.54 Å². The molecule has 1 aliphatic carbocycles. The SMILES string of the molecule is C1=C\CNC2=C(C\C=C/1)CCCC2. The molecule has 0 bridgehead atoms. The summed E-state index contributed by atoms with van der Waals surface area (Å²) < 4.78 is 0. The van der Waals surface area contributed by atoms with E-state index in [1.165, 1.54) is 31.4 Å². The molecule has 0 aromatic rings. The van der Waals surface area contributed by atoms with Gasteiger partial charge in [-0.15, -0.1) is 0 Å². The van der Waals surface area contributed by atoms with Crippen molar-refractivity contribution in [3.05, 3.63) is 35.6 Å². The Morgan fingerprint density at radius 3 is 2.85 bits per heavy atom. The van der Waals surface area contributed by atoms with Crippen molar-refractivity contribution in [1.29, 1.82) is 0 Å². The number of allylic oxidation sites excluding steroid dienone is 5. The zero-order valence-corrected chi connectivity index (χ0v) is 8.05. The van der Waals surface area contributed by atoms with Gasteiger partial charge in [0, 0.05) is 12.2 Å². The first-order valence-electron chi connectivity index (χ1n) is 5.23. The Kier molecular flexibility index (Phi) is 2.86. The van der Waals surface area contributed by atoms with Crippen molar-refractivity contribution in [1.82, 2.24) is 5.32 Å². The van der Waals surface area contributed by atoms with Gasteiger partial charge in [-0.05, 0) is 37.7 Å². The molecule has 1 heteroatoms. The third-order valence-electron chi connectivity index (χ3n) is 2.76. The predicted molar refractivity (Wildman–Crippen MR) is 56.4 cm³/mol. The lowest BCUT2D eigenvalue weighted by atomic mass is 9.94. The van der Waals surface area contributed by atoms with Crippen molar-refractivity contribution in [2.24, 2.45) is 0 Å². The summed E-state index contributed by atoms with van der Waals surface area (Å²) in [5, 5.41) is 3.52. The van der Waals surface area contributed by atoms with Crippen molar-refractivity contribution < 1.29 is 0 Å². The van der Waals surface area contributed by atoms with Crippen molar-refractivity contribution >= 4 is 0 Å². The van der Waals surface area contributed by atoms with Crippen LogP contribution in [0.15, 0.2) is 35.6 Å². The molecule has 0 aromatic heterocycles. The second-order valence-corrected chi connectivity index (χ2v) is 3.73. The first-order valence-corrected chi connectivity index (χ1v) is 5.23. The van der Waals surface area contributed by atoms with Crippen LogP contribution in [0.3, 0.4) is 0 Å². The average molecular weight is 175 g/mol. The molecule has 0 saturated heterocycles. The molecular formula is C12H17N. The van der Waals surface area contributed by atoms with Crippen LogP contribution in [0.1, 0.15) is 32.1 Å². The Morgan fingerprint density at radius 1 is 1.00 bits per heavy atom. The van der Waals surface area contributed by atoms with Gasteiger partial charge in [0.2, 0.25) is 0 Å². The summed E-state index contributed by atoms with van der Waals surface area (Å²) in [5.74, 6) is 0. The molecule has 2 rings (SSSR count). The van der Waals surface area contributed by atoms with Gasteiger partial charge in [-0.3, -0.25) is 0 Å². The molecule has 1 N–H and O–H groups in total. The smallest absolute Gasteiger partial charge is 0.0330 e. The van der Waals surface area contributed by atoms with Crippen molar-refractivity contribution in [3.8, 4) is 0 Å². The van der Waals surface area contributed by atoms with Crippen molar-refractivity contribution in [2.75, 3.05) is 6.54 Å². The van der Waals surface area contributed by atoms with Gasteiger partial charge in [-0.25, -0.2) is 0 Å². The molecule has 0 amide bonds. The first-order chi connectivity index (χ1) is 6.47. The molecular weight excluding hydrogens is 158 g/mol. The summed E-state index contributed by atoms with van der Waals surface area (Å²) in [4.78, 5) is 0. The van der Waals surface area contributed by atoms with Gasteiger partial charge in [0.1, 0.15) is 0 Å². The van der Waals surface area contributed by atoms with Crippen molar-refractivity contribution in [2.45, 2.75) is 32.1 Å². The molecule has 0 unspecified atom stereocenters. The normalized spacial score (nSPS) is 27.7. The van der Waals surface area contributed by atoms with Crippen LogP contribution in [0.2, 0.25) is 0 Å². The largest absolute Gasteiger partial charge is 0.385 e. The van der Waals surface area contributed by atoms with Gasteiger partial charge in [-0.2, -0.15) is 0 Å². The fraction of sp³-hybridized carbons (Fsp3) is 0.500. The number of hydrogen-bond acceptors (Lipinski definition) is 1. The Bertz CT molecular complexity index is 258. The zero-order chi connectivity index (χ0) is 8.93. The Balaban J connectivity index is 2.14. The average Bonchev–Trinajstić information content (AvgIpc) is 2.28. The van der Waals surface area contributed by atoms with E-state index in [2.05, 4.69) is 29.6 Å². The minimum atomic E-state index is 0.989. The molecule has 1 aliphatic heterocycles. The summed E-state index contributed by atoms with van der Waals surface area (Å²) in [5.41, 5.74) is 3.15. The van der Waals surface area contributed by atoms with E-state index in [4.69, 9.17) is 0 Å². The van der Waals surface area contributed by atoms with Gasteiger partial charge in [0.05, 0.1) is 0 Å². The minimum absolute atomic E-state index is 0.989. The maximum atomic E-state index is 3.52. The van der Waals surface area contributed by atoms with E-state index in [1.807, 2.05) is 0 Å². The van der Waals surface area contributed by atoms with E-state index < -0.39 is 0 Å². The maximum absolute atomic E-state index is 3.52. The topological polar surface area (TPSA) is 12.0 Å². The summed E-state index contributed by atoms with van der Waals surface area (Å²) in [6, 6.07) is 0. The van der Waals surface area contributed by atoms with E-state index in [-0.39, 0.29) is 0 Å². The quantitative estimate of drug-likeness (QED) is 0.597. The molecule has 0 fully saturated rings. The van der Waals surface area contributed by atoms with Crippen LogP contribution in [0, 0.1) is 0 Å². The molecule has 1 nitrogen and oxygen atoms in total. The minimum Gasteiger partial charge on any atom is -0.385 e. The predicted octanol–water partition coefficient (Wildman–Crippen LogP) is 2.92. The van der Waals surface area contributed by atoms with Gasteiger partial charge in [0.15, 0.2) is 0 Å². The highest BCUT2D eigenvalue weighted by molar-refractivity contribution is 5.21. The van der Waals surface area contributed by atoms with Gasteiger partial charge < -0.3 is 5.32 Å². The maximum Gasteiger partial charge on any atom is 0.0330 e. The molecule has 1 heterocycles. The lowest BCUT2D eigenvalue weighted by Gasteiger charge is -2.20. The van der Waals surface area contributed by atoms with Crippen LogP contribution in [0.25, 0.3) is 0 Å². The first kappa shape index (κ1) is 8.61. The molecule has 0 spiro atoms. The van der Waals surface area contributed by atoms with E-state index in [9.17, 15) is 0 Å². The van der Waals surface area contributed by atoms with E-state index in [1.54, 1.807) is 5.57 Å². The summed E-state index contributed by atoms with van der Waals surface area (Å²) in [7, 11) is 0. The van der Waals surface area contributed by atoms with E-state index in [0.29, 0.717) is 0 Å².